The first-order valence-corrected chi connectivity index (χ1v) is 7.33. The number of nitrogens with one attached hydrogen (secondary N) is 1. The summed E-state index contributed by atoms with van der Waals surface area (Å²) in [6, 6.07) is 6.78. The van der Waals surface area contributed by atoms with Gasteiger partial charge in [-0.05, 0) is 6.07 Å². The van der Waals surface area contributed by atoms with E-state index >= 15 is 0 Å². The molecule has 7 heteroatoms. The van der Waals surface area contributed by atoms with E-state index in [1.165, 1.54) is 7.05 Å². The monoisotopic (exact) mass is 292 g/mol. The van der Waals surface area contributed by atoms with E-state index in [9.17, 15) is 13.5 Å². The lowest BCUT2D eigenvalue weighted by molar-refractivity contribution is 0.181. The third-order valence-corrected chi connectivity index (χ3v) is 4.53. The molecule has 2 N–H and O–H groups in total. The van der Waals surface area contributed by atoms with E-state index in [2.05, 4.69) is 4.72 Å². The quantitative estimate of drug-likeness (QED) is 0.827. The molecular weight excluding hydrogens is 276 g/mol. The van der Waals surface area contributed by atoms with Crippen LogP contribution in [-0.4, -0.2) is 38.0 Å². The fraction of sp³-hybridized carbons (Fsp3) is 0.455. The van der Waals surface area contributed by atoms with Crippen LogP contribution in [-0.2, 0) is 10.2 Å². The number of hydrogen-bond acceptors (Lipinski definition) is 3. The minimum absolute atomic E-state index is 0.115. The molecule has 1 rings (SSSR count). The van der Waals surface area contributed by atoms with Crippen molar-refractivity contribution in [3.8, 4) is 0 Å². The summed E-state index contributed by atoms with van der Waals surface area (Å²) in [5.41, 5.74) is 0.501. The van der Waals surface area contributed by atoms with Crippen molar-refractivity contribution >= 4 is 21.8 Å². The molecular formula is C11H17ClN2O3S. The molecule has 0 spiro atoms. The Kier molecular flexibility index (Phi) is 5.55. The molecule has 18 heavy (non-hydrogen) atoms. The maximum Gasteiger partial charge on any atom is 0.279 e. The summed E-state index contributed by atoms with van der Waals surface area (Å²) in [5.74, 6) is 0. The van der Waals surface area contributed by atoms with Gasteiger partial charge in [-0.2, -0.15) is 17.4 Å². The summed E-state index contributed by atoms with van der Waals surface area (Å²) < 4.78 is 26.8. The van der Waals surface area contributed by atoms with Crippen LogP contribution >= 0.6 is 11.6 Å². The Hall–Kier alpha value is -0.660. The molecule has 0 radical (unpaired) electrons. The predicted molar refractivity (Wildman–Crippen MR) is 71.6 cm³/mol. The number of aliphatic hydroxyl groups excluding tert-OH is 1. The van der Waals surface area contributed by atoms with Gasteiger partial charge >= 0.3 is 0 Å². The van der Waals surface area contributed by atoms with Crippen LogP contribution in [0.1, 0.15) is 18.6 Å². The van der Waals surface area contributed by atoms with Gasteiger partial charge in [-0.3, -0.25) is 0 Å². The topological polar surface area (TPSA) is 69.6 Å². The fourth-order valence-electron chi connectivity index (χ4n) is 1.32. The highest BCUT2D eigenvalue weighted by Crippen LogP contribution is 2.21. The number of hydrogen-bond donors (Lipinski definition) is 2. The van der Waals surface area contributed by atoms with Crippen molar-refractivity contribution in [1.29, 1.82) is 0 Å². The smallest absolute Gasteiger partial charge is 0.279 e. The molecule has 1 aromatic rings. The molecule has 0 amide bonds. The van der Waals surface area contributed by atoms with Crippen LogP contribution in [0.5, 0.6) is 0 Å². The average molecular weight is 293 g/mol. The second-order valence-corrected chi connectivity index (χ2v) is 6.07. The van der Waals surface area contributed by atoms with Crippen molar-refractivity contribution in [2.24, 2.45) is 0 Å². The summed E-state index contributed by atoms with van der Waals surface area (Å²) in [4.78, 5) is 0. The van der Waals surface area contributed by atoms with E-state index in [4.69, 9.17) is 11.6 Å². The molecule has 0 saturated carbocycles. The van der Waals surface area contributed by atoms with Gasteiger partial charge < -0.3 is 5.11 Å². The molecule has 0 fully saturated rings. The van der Waals surface area contributed by atoms with Crippen LogP contribution in [0.25, 0.3) is 0 Å². The van der Waals surface area contributed by atoms with E-state index < -0.39 is 16.3 Å². The van der Waals surface area contributed by atoms with Gasteiger partial charge in [0.05, 0.1) is 6.10 Å². The van der Waals surface area contributed by atoms with E-state index in [1.807, 2.05) is 0 Å². The fourth-order valence-corrected chi connectivity index (χ4v) is 2.51. The number of nitrogens with zero attached hydrogens (tertiary/aromatic N) is 1. The van der Waals surface area contributed by atoms with Gasteiger partial charge in [0.25, 0.3) is 10.2 Å². The molecule has 0 aliphatic heterocycles. The molecule has 1 atom stereocenters. The standard InChI is InChI=1S/C11H17ClN2O3S/c1-3-14(2)18(16,17)13-8-11(15)9-6-4-5-7-10(9)12/h4-7,11,13,15H,3,8H2,1-2H3. The van der Waals surface area contributed by atoms with Crippen LogP contribution < -0.4 is 4.72 Å². The molecule has 0 bridgehead atoms. The second-order valence-electron chi connectivity index (χ2n) is 3.80. The normalized spacial score (nSPS) is 13.8. The van der Waals surface area contributed by atoms with Crippen LogP contribution in [0.15, 0.2) is 24.3 Å². The minimum atomic E-state index is -3.55. The Bertz CT molecular complexity index is 493. The lowest BCUT2D eigenvalue weighted by Gasteiger charge is -2.18. The van der Waals surface area contributed by atoms with Crippen LogP contribution in [0, 0.1) is 0 Å². The Morgan fingerprint density at radius 3 is 2.61 bits per heavy atom. The van der Waals surface area contributed by atoms with E-state index in [1.54, 1.807) is 31.2 Å². The maximum atomic E-state index is 11.7. The van der Waals surface area contributed by atoms with Crippen molar-refractivity contribution in [3.05, 3.63) is 34.9 Å². The molecule has 0 heterocycles. The Labute approximate surface area is 113 Å². The van der Waals surface area contributed by atoms with E-state index in [-0.39, 0.29) is 6.54 Å². The summed E-state index contributed by atoms with van der Waals surface area (Å²) in [6.07, 6.45) is -0.973. The lowest BCUT2D eigenvalue weighted by Crippen LogP contribution is -2.39. The molecule has 5 nitrogen and oxygen atoms in total. The maximum absolute atomic E-state index is 11.7. The summed E-state index contributed by atoms with van der Waals surface area (Å²) in [5, 5.41) is 10.3. The van der Waals surface area contributed by atoms with Crippen molar-refractivity contribution in [1.82, 2.24) is 9.03 Å². The van der Waals surface area contributed by atoms with Gasteiger partial charge in [0.2, 0.25) is 0 Å². The predicted octanol–water partition coefficient (Wildman–Crippen LogP) is 1.16. The van der Waals surface area contributed by atoms with Crippen molar-refractivity contribution in [2.45, 2.75) is 13.0 Å². The van der Waals surface area contributed by atoms with Gasteiger partial charge in [0.1, 0.15) is 0 Å². The zero-order chi connectivity index (χ0) is 13.8. The van der Waals surface area contributed by atoms with Crippen LogP contribution in [0.3, 0.4) is 0 Å². The number of aliphatic hydroxyl groups is 1. The van der Waals surface area contributed by atoms with Crippen LogP contribution in [0.2, 0.25) is 5.02 Å². The Morgan fingerprint density at radius 1 is 1.44 bits per heavy atom. The van der Waals surface area contributed by atoms with Gasteiger partial charge in [-0.25, -0.2) is 0 Å². The molecule has 1 unspecified atom stereocenters. The zero-order valence-electron chi connectivity index (χ0n) is 10.3. The minimum Gasteiger partial charge on any atom is -0.387 e. The van der Waals surface area contributed by atoms with Crippen molar-refractivity contribution in [3.63, 3.8) is 0 Å². The third kappa shape index (κ3) is 3.93. The highest BCUT2D eigenvalue weighted by atomic mass is 35.5. The van der Waals surface area contributed by atoms with E-state index in [0.29, 0.717) is 17.1 Å². The van der Waals surface area contributed by atoms with Gasteiger partial charge in [0, 0.05) is 30.7 Å². The average Bonchev–Trinajstić information content (AvgIpc) is 2.35. The zero-order valence-corrected chi connectivity index (χ0v) is 11.9. The van der Waals surface area contributed by atoms with Gasteiger partial charge in [-0.15, -0.1) is 0 Å². The highest BCUT2D eigenvalue weighted by Gasteiger charge is 2.18. The van der Waals surface area contributed by atoms with Gasteiger partial charge in [0.15, 0.2) is 0 Å². The molecule has 0 saturated heterocycles. The molecule has 0 aliphatic carbocycles. The van der Waals surface area contributed by atoms with Crippen molar-refractivity contribution in [2.75, 3.05) is 20.1 Å². The van der Waals surface area contributed by atoms with Crippen LogP contribution in [0.4, 0.5) is 0 Å². The molecule has 0 aromatic heterocycles. The van der Waals surface area contributed by atoms with Crippen molar-refractivity contribution < 1.29 is 13.5 Å². The number of rotatable bonds is 6. The first kappa shape index (κ1) is 15.4. The second kappa shape index (κ2) is 6.49. The molecule has 1 aromatic carbocycles. The third-order valence-electron chi connectivity index (χ3n) is 2.58. The lowest BCUT2D eigenvalue weighted by atomic mass is 10.1. The summed E-state index contributed by atoms with van der Waals surface area (Å²) in [7, 11) is -2.08. The largest absolute Gasteiger partial charge is 0.387 e. The molecule has 0 aliphatic rings. The summed E-state index contributed by atoms with van der Waals surface area (Å²) in [6.45, 7) is 1.97. The number of halogens is 1. The summed E-state index contributed by atoms with van der Waals surface area (Å²) >= 11 is 5.91. The first-order chi connectivity index (χ1) is 8.38. The van der Waals surface area contributed by atoms with Gasteiger partial charge in [-0.1, -0.05) is 36.7 Å². The highest BCUT2D eigenvalue weighted by molar-refractivity contribution is 7.87. The first-order valence-electron chi connectivity index (χ1n) is 5.52. The Morgan fingerprint density at radius 2 is 2.06 bits per heavy atom. The Balaban J connectivity index is 2.68. The number of benzene rings is 1. The van der Waals surface area contributed by atoms with E-state index in [0.717, 1.165) is 4.31 Å². The SMILES string of the molecule is CCN(C)S(=O)(=O)NCC(O)c1ccccc1Cl. The molecule has 102 valence electrons.